The van der Waals surface area contributed by atoms with Crippen LogP contribution in [0.1, 0.15) is 23.7 Å². The third-order valence-electron chi connectivity index (χ3n) is 2.55. The number of amides is 2. The van der Waals surface area contributed by atoms with Crippen molar-refractivity contribution in [2.24, 2.45) is 0 Å². The summed E-state index contributed by atoms with van der Waals surface area (Å²) in [5.74, 6) is -0.616. The molecule has 0 aromatic heterocycles. The molecule has 0 aliphatic heterocycles. The number of benzene rings is 1. The number of nitrogens with one attached hydrogen (secondary N) is 2. The summed E-state index contributed by atoms with van der Waals surface area (Å²) in [6.07, 6.45) is 0.484. The van der Waals surface area contributed by atoms with Gasteiger partial charge in [-0.05, 0) is 37.6 Å². The molecule has 104 valence electrons. The molecule has 6 heteroatoms. The third kappa shape index (κ3) is 5.39. The molecule has 0 radical (unpaired) electrons. The number of anilines is 1. The molecule has 19 heavy (non-hydrogen) atoms. The lowest BCUT2D eigenvalue weighted by atomic mass is 10.2. The minimum atomic E-state index is -0.329. The molecule has 1 aromatic rings. The third-order valence-corrected chi connectivity index (χ3v) is 2.55. The van der Waals surface area contributed by atoms with Crippen molar-refractivity contribution in [3.63, 3.8) is 0 Å². The molecule has 1 unspecified atom stereocenters. The Balaban J connectivity index is 2.37. The summed E-state index contributed by atoms with van der Waals surface area (Å²) in [4.78, 5) is 23.2. The summed E-state index contributed by atoms with van der Waals surface area (Å²) < 4.78 is 0. The SMILES string of the molecule is CC(CCO)NC(=O)CNC(=O)c1ccc(N)cc1. The van der Waals surface area contributed by atoms with Gasteiger partial charge in [0.2, 0.25) is 5.91 Å². The van der Waals surface area contributed by atoms with Gasteiger partial charge in [0.1, 0.15) is 0 Å². The van der Waals surface area contributed by atoms with E-state index in [4.69, 9.17) is 10.8 Å². The second-order valence-corrected chi connectivity index (χ2v) is 4.29. The van der Waals surface area contributed by atoms with Crippen LogP contribution < -0.4 is 16.4 Å². The molecule has 0 bridgehead atoms. The van der Waals surface area contributed by atoms with E-state index in [-0.39, 0.29) is 31.0 Å². The summed E-state index contributed by atoms with van der Waals surface area (Å²) in [6.45, 7) is 1.70. The van der Waals surface area contributed by atoms with Crippen LogP contribution >= 0.6 is 0 Å². The zero-order valence-electron chi connectivity index (χ0n) is 10.8. The normalized spacial score (nSPS) is 11.7. The number of nitrogens with two attached hydrogens (primary N) is 1. The number of nitrogen functional groups attached to an aromatic ring is 1. The second kappa shape index (κ2) is 7.38. The predicted octanol–water partition coefficient (Wildman–Crippen LogP) is -0.114. The number of aliphatic hydroxyl groups is 1. The first kappa shape index (κ1) is 15.0. The number of hydrogen-bond donors (Lipinski definition) is 4. The number of carbonyl (C=O) groups is 2. The van der Waals surface area contributed by atoms with E-state index >= 15 is 0 Å². The first-order valence-corrected chi connectivity index (χ1v) is 6.07. The summed E-state index contributed by atoms with van der Waals surface area (Å²) in [5.41, 5.74) is 6.54. The van der Waals surface area contributed by atoms with E-state index < -0.39 is 0 Å². The molecule has 5 N–H and O–H groups in total. The summed E-state index contributed by atoms with van der Waals surface area (Å²) in [6, 6.07) is 6.32. The van der Waals surface area contributed by atoms with E-state index in [1.807, 2.05) is 0 Å². The van der Waals surface area contributed by atoms with Crippen LogP contribution in [0.3, 0.4) is 0 Å². The molecule has 2 amide bonds. The molecule has 1 aromatic carbocycles. The van der Waals surface area contributed by atoms with Crippen molar-refractivity contribution in [1.82, 2.24) is 10.6 Å². The Morgan fingerprint density at radius 1 is 1.32 bits per heavy atom. The van der Waals surface area contributed by atoms with Crippen LogP contribution in [0, 0.1) is 0 Å². The van der Waals surface area contributed by atoms with E-state index in [1.165, 1.54) is 0 Å². The molecule has 0 fully saturated rings. The zero-order chi connectivity index (χ0) is 14.3. The zero-order valence-corrected chi connectivity index (χ0v) is 10.8. The van der Waals surface area contributed by atoms with Gasteiger partial charge in [0, 0.05) is 23.9 Å². The van der Waals surface area contributed by atoms with Crippen LogP contribution in [0.25, 0.3) is 0 Å². The van der Waals surface area contributed by atoms with Crippen LogP contribution in [0.2, 0.25) is 0 Å². The Morgan fingerprint density at radius 3 is 2.53 bits per heavy atom. The van der Waals surface area contributed by atoms with Gasteiger partial charge >= 0.3 is 0 Å². The maximum atomic E-state index is 11.7. The highest BCUT2D eigenvalue weighted by atomic mass is 16.3. The molecular weight excluding hydrogens is 246 g/mol. The summed E-state index contributed by atoms with van der Waals surface area (Å²) in [7, 11) is 0. The Kier molecular flexibility index (Phi) is 5.81. The van der Waals surface area contributed by atoms with E-state index in [0.29, 0.717) is 17.7 Å². The fraction of sp³-hybridized carbons (Fsp3) is 0.385. The average molecular weight is 265 g/mol. The second-order valence-electron chi connectivity index (χ2n) is 4.29. The van der Waals surface area contributed by atoms with Gasteiger partial charge in [0.05, 0.1) is 6.54 Å². The summed E-state index contributed by atoms with van der Waals surface area (Å²) in [5, 5.41) is 13.9. The number of aliphatic hydroxyl groups excluding tert-OH is 1. The van der Waals surface area contributed by atoms with Gasteiger partial charge in [-0.1, -0.05) is 0 Å². The first-order valence-electron chi connectivity index (χ1n) is 6.07. The van der Waals surface area contributed by atoms with Gasteiger partial charge in [-0.15, -0.1) is 0 Å². The van der Waals surface area contributed by atoms with Crippen molar-refractivity contribution in [3.8, 4) is 0 Å². The lowest BCUT2D eigenvalue weighted by Crippen LogP contribution is -2.41. The van der Waals surface area contributed by atoms with Gasteiger partial charge in [-0.25, -0.2) is 0 Å². The smallest absolute Gasteiger partial charge is 0.251 e. The standard InChI is InChI=1S/C13H19N3O3/c1-9(6-7-17)16-12(18)8-15-13(19)10-2-4-11(14)5-3-10/h2-5,9,17H,6-8,14H2,1H3,(H,15,19)(H,16,18). The van der Waals surface area contributed by atoms with Gasteiger partial charge in [-0.3, -0.25) is 9.59 Å². The first-order chi connectivity index (χ1) is 9.02. The minimum Gasteiger partial charge on any atom is -0.399 e. The van der Waals surface area contributed by atoms with Crippen molar-refractivity contribution in [3.05, 3.63) is 29.8 Å². The minimum absolute atomic E-state index is 0.0131. The number of carbonyl (C=O) groups excluding carboxylic acids is 2. The van der Waals surface area contributed by atoms with Crippen molar-refractivity contribution < 1.29 is 14.7 Å². The Hall–Kier alpha value is -2.08. The lowest BCUT2D eigenvalue weighted by molar-refractivity contribution is -0.120. The molecule has 1 atom stereocenters. The monoisotopic (exact) mass is 265 g/mol. The van der Waals surface area contributed by atoms with E-state index in [0.717, 1.165) is 0 Å². The molecule has 1 rings (SSSR count). The van der Waals surface area contributed by atoms with E-state index in [9.17, 15) is 9.59 Å². The highest BCUT2D eigenvalue weighted by Crippen LogP contribution is 2.04. The van der Waals surface area contributed by atoms with E-state index in [1.54, 1.807) is 31.2 Å². The van der Waals surface area contributed by atoms with Gasteiger partial charge in [0.15, 0.2) is 0 Å². The quantitative estimate of drug-likeness (QED) is 0.538. The maximum Gasteiger partial charge on any atom is 0.251 e. The lowest BCUT2D eigenvalue weighted by Gasteiger charge is -2.12. The molecule has 6 nitrogen and oxygen atoms in total. The fourth-order valence-corrected chi connectivity index (χ4v) is 1.49. The summed E-state index contributed by atoms with van der Waals surface area (Å²) >= 11 is 0. The molecule has 0 aliphatic rings. The van der Waals surface area contributed by atoms with Crippen LogP contribution in [-0.2, 0) is 4.79 Å². The van der Waals surface area contributed by atoms with Crippen LogP contribution in [0.5, 0.6) is 0 Å². The van der Waals surface area contributed by atoms with Crippen molar-refractivity contribution >= 4 is 17.5 Å². The topological polar surface area (TPSA) is 104 Å². The van der Waals surface area contributed by atoms with Crippen molar-refractivity contribution in [2.45, 2.75) is 19.4 Å². The average Bonchev–Trinajstić information content (AvgIpc) is 2.37. The predicted molar refractivity (Wildman–Crippen MR) is 72.5 cm³/mol. The Labute approximate surface area is 112 Å². The molecule has 0 aliphatic carbocycles. The van der Waals surface area contributed by atoms with Crippen LogP contribution in [0.15, 0.2) is 24.3 Å². The Bertz CT molecular complexity index is 431. The van der Waals surface area contributed by atoms with Crippen LogP contribution in [0.4, 0.5) is 5.69 Å². The molecule has 0 saturated carbocycles. The molecular formula is C13H19N3O3. The number of hydrogen-bond acceptors (Lipinski definition) is 4. The Morgan fingerprint density at radius 2 is 1.95 bits per heavy atom. The fourth-order valence-electron chi connectivity index (χ4n) is 1.49. The van der Waals surface area contributed by atoms with E-state index in [2.05, 4.69) is 10.6 Å². The highest BCUT2D eigenvalue weighted by Gasteiger charge is 2.09. The van der Waals surface area contributed by atoms with Gasteiger partial charge < -0.3 is 21.5 Å². The van der Waals surface area contributed by atoms with Gasteiger partial charge in [0.25, 0.3) is 5.91 Å². The van der Waals surface area contributed by atoms with Crippen molar-refractivity contribution in [2.75, 3.05) is 18.9 Å². The largest absolute Gasteiger partial charge is 0.399 e. The van der Waals surface area contributed by atoms with Crippen LogP contribution in [-0.4, -0.2) is 36.1 Å². The molecule has 0 heterocycles. The highest BCUT2D eigenvalue weighted by molar-refractivity contribution is 5.96. The molecule has 0 saturated heterocycles. The maximum absolute atomic E-state index is 11.7. The van der Waals surface area contributed by atoms with Crippen molar-refractivity contribution in [1.29, 1.82) is 0 Å². The molecule has 0 spiro atoms. The number of rotatable bonds is 6. The van der Waals surface area contributed by atoms with Gasteiger partial charge in [-0.2, -0.15) is 0 Å².